The Morgan fingerprint density at radius 2 is 1.96 bits per heavy atom. The fourth-order valence-corrected chi connectivity index (χ4v) is 5.74. The van der Waals surface area contributed by atoms with Gasteiger partial charge in [0.25, 0.3) is 0 Å². The number of morpholine rings is 1. The normalized spacial score (nSPS) is 21.7. The lowest BCUT2D eigenvalue weighted by atomic mass is 10.1. The molecule has 1 unspecified atom stereocenters. The van der Waals surface area contributed by atoms with Gasteiger partial charge in [-0.05, 0) is 43.5 Å². The molecule has 0 radical (unpaired) electrons. The van der Waals surface area contributed by atoms with E-state index in [2.05, 4.69) is 4.98 Å². The molecule has 0 N–H and O–H groups in total. The van der Waals surface area contributed by atoms with Gasteiger partial charge in [-0.15, -0.1) is 0 Å². The van der Waals surface area contributed by atoms with Gasteiger partial charge >= 0.3 is 0 Å². The van der Waals surface area contributed by atoms with Crippen LogP contribution in [-0.4, -0.2) is 67.4 Å². The van der Waals surface area contributed by atoms with E-state index in [0.717, 1.165) is 5.56 Å². The fraction of sp³-hybridized carbons (Fsp3) is 0.474. The molecule has 0 saturated carbocycles. The van der Waals surface area contributed by atoms with E-state index in [1.807, 2.05) is 6.92 Å². The van der Waals surface area contributed by atoms with Gasteiger partial charge in [0.05, 0.1) is 23.6 Å². The minimum absolute atomic E-state index is 0.117. The standard InChI is InChI=1S/C19H23N3O4S/c1-14-6-7-17(15-4-2-8-20-18(14)15)27(24,25)22-9-3-5-16(22)19(23)21-10-12-26-13-11-21/h2,4,6-8,16H,3,5,9-13H2,1H3. The number of fused-ring (bicyclic) bond motifs is 1. The number of aryl methyl sites for hydroxylation is 1. The Hall–Kier alpha value is -2.03. The molecule has 2 aromatic rings. The zero-order chi connectivity index (χ0) is 19.0. The molecule has 2 aliphatic heterocycles. The lowest BCUT2D eigenvalue weighted by molar-refractivity contribution is -0.138. The molecule has 1 atom stereocenters. The largest absolute Gasteiger partial charge is 0.378 e. The van der Waals surface area contributed by atoms with Crippen LogP contribution in [0.25, 0.3) is 10.9 Å². The Bertz CT molecular complexity index is 970. The lowest BCUT2D eigenvalue weighted by Gasteiger charge is -2.32. The number of carbonyl (C=O) groups excluding carboxylic acids is 1. The van der Waals surface area contributed by atoms with Crippen molar-refractivity contribution >= 4 is 26.8 Å². The minimum Gasteiger partial charge on any atom is -0.378 e. The summed E-state index contributed by atoms with van der Waals surface area (Å²) >= 11 is 0. The molecule has 7 nitrogen and oxygen atoms in total. The third-order valence-electron chi connectivity index (χ3n) is 5.33. The highest BCUT2D eigenvalue weighted by Gasteiger charge is 2.41. The number of pyridine rings is 1. The van der Waals surface area contributed by atoms with Crippen molar-refractivity contribution in [2.75, 3.05) is 32.8 Å². The summed E-state index contributed by atoms with van der Waals surface area (Å²) in [5.41, 5.74) is 1.60. The van der Waals surface area contributed by atoms with E-state index in [1.54, 1.807) is 35.4 Å². The van der Waals surface area contributed by atoms with Crippen molar-refractivity contribution in [1.82, 2.24) is 14.2 Å². The zero-order valence-corrected chi connectivity index (χ0v) is 16.1. The summed E-state index contributed by atoms with van der Waals surface area (Å²) in [6, 6.07) is 6.28. The predicted octanol–water partition coefficient (Wildman–Crippen LogP) is 1.56. The molecule has 27 heavy (non-hydrogen) atoms. The summed E-state index contributed by atoms with van der Waals surface area (Å²) in [5, 5.41) is 0.599. The molecular weight excluding hydrogens is 366 g/mol. The summed E-state index contributed by atoms with van der Waals surface area (Å²) in [7, 11) is -3.80. The van der Waals surface area contributed by atoms with Gasteiger partial charge < -0.3 is 9.64 Å². The summed E-state index contributed by atoms with van der Waals surface area (Å²) in [4.78, 5) is 19.2. The van der Waals surface area contributed by atoms with E-state index in [9.17, 15) is 13.2 Å². The SMILES string of the molecule is Cc1ccc(S(=O)(=O)N2CCCC2C(=O)N2CCOCC2)c2cccnc12. The number of aromatic nitrogens is 1. The molecule has 0 spiro atoms. The predicted molar refractivity (Wildman–Crippen MR) is 101 cm³/mol. The Balaban J connectivity index is 1.71. The summed E-state index contributed by atoms with van der Waals surface area (Å²) in [6.45, 7) is 4.30. The Kier molecular flexibility index (Phi) is 4.88. The van der Waals surface area contributed by atoms with E-state index in [4.69, 9.17) is 4.74 Å². The molecule has 2 saturated heterocycles. The third-order valence-corrected chi connectivity index (χ3v) is 7.30. The van der Waals surface area contributed by atoms with Crippen LogP contribution in [0.4, 0.5) is 0 Å². The van der Waals surface area contributed by atoms with E-state index in [0.29, 0.717) is 56.6 Å². The van der Waals surface area contributed by atoms with Crippen molar-refractivity contribution in [1.29, 1.82) is 0 Å². The highest BCUT2D eigenvalue weighted by atomic mass is 32.2. The van der Waals surface area contributed by atoms with Crippen LogP contribution in [0.3, 0.4) is 0 Å². The second kappa shape index (κ2) is 7.18. The maximum atomic E-state index is 13.5. The van der Waals surface area contributed by atoms with Gasteiger partial charge in [0.15, 0.2) is 0 Å². The monoisotopic (exact) mass is 389 g/mol. The van der Waals surface area contributed by atoms with Crippen LogP contribution in [0.2, 0.25) is 0 Å². The number of hydrogen-bond donors (Lipinski definition) is 0. The van der Waals surface area contributed by atoms with Crippen LogP contribution < -0.4 is 0 Å². The van der Waals surface area contributed by atoms with E-state index in [-0.39, 0.29) is 10.8 Å². The van der Waals surface area contributed by atoms with Crippen LogP contribution in [0.5, 0.6) is 0 Å². The number of amides is 1. The van der Waals surface area contributed by atoms with Crippen molar-refractivity contribution in [3.05, 3.63) is 36.0 Å². The van der Waals surface area contributed by atoms with Gasteiger partial charge in [0.2, 0.25) is 15.9 Å². The van der Waals surface area contributed by atoms with Crippen molar-refractivity contribution in [3.8, 4) is 0 Å². The smallest absolute Gasteiger partial charge is 0.244 e. The molecule has 1 aromatic carbocycles. The molecule has 1 aromatic heterocycles. The minimum atomic E-state index is -3.80. The second-order valence-electron chi connectivity index (χ2n) is 6.99. The average molecular weight is 389 g/mol. The van der Waals surface area contributed by atoms with Crippen LogP contribution in [-0.2, 0) is 19.6 Å². The number of carbonyl (C=O) groups is 1. The molecule has 3 heterocycles. The first kappa shape index (κ1) is 18.3. The van der Waals surface area contributed by atoms with Gasteiger partial charge in [-0.3, -0.25) is 9.78 Å². The zero-order valence-electron chi connectivity index (χ0n) is 15.3. The maximum Gasteiger partial charge on any atom is 0.244 e. The van der Waals surface area contributed by atoms with E-state index < -0.39 is 16.1 Å². The number of rotatable bonds is 3. The quantitative estimate of drug-likeness (QED) is 0.796. The van der Waals surface area contributed by atoms with E-state index in [1.165, 1.54) is 4.31 Å². The molecule has 1 amide bonds. The molecule has 2 fully saturated rings. The maximum absolute atomic E-state index is 13.5. The number of benzene rings is 1. The second-order valence-corrected chi connectivity index (χ2v) is 8.85. The molecule has 144 valence electrons. The first-order valence-corrected chi connectivity index (χ1v) is 10.7. The topological polar surface area (TPSA) is 79.8 Å². The van der Waals surface area contributed by atoms with Crippen LogP contribution in [0.1, 0.15) is 18.4 Å². The van der Waals surface area contributed by atoms with Gasteiger partial charge in [0.1, 0.15) is 6.04 Å². The van der Waals surface area contributed by atoms with Gasteiger partial charge in [-0.2, -0.15) is 4.31 Å². The van der Waals surface area contributed by atoms with Gasteiger partial charge in [0, 0.05) is 31.2 Å². The van der Waals surface area contributed by atoms with Crippen molar-refractivity contribution in [2.24, 2.45) is 0 Å². The third kappa shape index (κ3) is 3.22. The molecule has 8 heteroatoms. The van der Waals surface area contributed by atoms with Crippen LogP contribution in [0.15, 0.2) is 35.4 Å². The van der Waals surface area contributed by atoms with Gasteiger partial charge in [-0.25, -0.2) is 8.42 Å². The van der Waals surface area contributed by atoms with Crippen LogP contribution >= 0.6 is 0 Å². The Morgan fingerprint density at radius 3 is 2.74 bits per heavy atom. The number of hydrogen-bond acceptors (Lipinski definition) is 5. The van der Waals surface area contributed by atoms with E-state index >= 15 is 0 Å². The highest BCUT2D eigenvalue weighted by Crippen LogP contribution is 2.32. The first-order valence-electron chi connectivity index (χ1n) is 9.23. The van der Waals surface area contributed by atoms with Crippen molar-refractivity contribution in [3.63, 3.8) is 0 Å². The molecule has 4 rings (SSSR count). The van der Waals surface area contributed by atoms with Crippen molar-refractivity contribution in [2.45, 2.75) is 30.7 Å². The highest BCUT2D eigenvalue weighted by molar-refractivity contribution is 7.89. The van der Waals surface area contributed by atoms with Gasteiger partial charge in [-0.1, -0.05) is 6.07 Å². The molecule has 2 aliphatic rings. The summed E-state index contributed by atoms with van der Waals surface area (Å²) < 4.78 is 33.6. The number of sulfonamides is 1. The first-order chi connectivity index (χ1) is 13.0. The van der Waals surface area contributed by atoms with Crippen molar-refractivity contribution < 1.29 is 17.9 Å². The fourth-order valence-electron chi connectivity index (χ4n) is 3.91. The average Bonchev–Trinajstić information content (AvgIpc) is 3.19. The van der Waals surface area contributed by atoms with Crippen LogP contribution in [0, 0.1) is 6.92 Å². The molecule has 0 aliphatic carbocycles. The number of ether oxygens (including phenoxy) is 1. The summed E-state index contributed by atoms with van der Waals surface area (Å²) in [6.07, 6.45) is 2.89. The number of nitrogens with zero attached hydrogens (tertiary/aromatic N) is 3. The Labute approximate surface area is 159 Å². The summed E-state index contributed by atoms with van der Waals surface area (Å²) in [5.74, 6) is -0.117. The lowest BCUT2D eigenvalue weighted by Crippen LogP contribution is -2.50. The molecule has 0 bridgehead atoms. The Morgan fingerprint density at radius 1 is 1.19 bits per heavy atom. The molecular formula is C19H23N3O4S.